The van der Waals surface area contributed by atoms with Crippen molar-refractivity contribution in [1.29, 1.82) is 0 Å². The molecule has 2 aliphatic heterocycles. The fraction of sp³-hybridized carbons (Fsp3) is 0.417. The molecule has 7 heteroatoms. The number of amides is 1. The van der Waals surface area contributed by atoms with Gasteiger partial charge in [0.2, 0.25) is 0 Å². The van der Waals surface area contributed by atoms with E-state index in [9.17, 15) is 14.4 Å². The molecule has 0 saturated carbocycles. The van der Waals surface area contributed by atoms with E-state index >= 15 is 0 Å². The molecule has 0 aromatic rings. The van der Waals surface area contributed by atoms with Gasteiger partial charge >= 0.3 is 18.0 Å². The summed E-state index contributed by atoms with van der Waals surface area (Å²) in [6, 6.07) is -1.31. The molecule has 0 N–H and O–H groups in total. The first-order valence-electron chi connectivity index (χ1n) is 5.52. The van der Waals surface area contributed by atoms with E-state index in [2.05, 4.69) is 14.2 Å². The second-order valence-electron chi connectivity index (χ2n) is 3.96. The van der Waals surface area contributed by atoms with Crippen molar-refractivity contribution in [2.75, 3.05) is 21.3 Å². The molecule has 2 bridgehead atoms. The third-order valence-corrected chi connectivity index (χ3v) is 3.15. The molecular formula is C12H13NO6. The number of ether oxygens (including phenoxy) is 3. The Morgan fingerprint density at radius 1 is 0.895 bits per heavy atom. The molecule has 1 amide bonds. The van der Waals surface area contributed by atoms with Crippen LogP contribution in [0.2, 0.25) is 0 Å². The zero-order valence-corrected chi connectivity index (χ0v) is 10.7. The summed E-state index contributed by atoms with van der Waals surface area (Å²) in [5.74, 6) is -1.32. The standard InChI is InChI=1S/C12H13NO6/c1-17-10(14)8-6-4-5-7(9(8)11(15)18-2)13(6)12(16)19-3/h4-7H,1-3H3. The minimum atomic E-state index is -0.661. The molecule has 2 aliphatic rings. The van der Waals surface area contributed by atoms with Gasteiger partial charge in [-0.25, -0.2) is 14.4 Å². The first kappa shape index (κ1) is 13.1. The van der Waals surface area contributed by atoms with E-state index in [1.54, 1.807) is 12.2 Å². The lowest BCUT2D eigenvalue weighted by Crippen LogP contribution is -2.39. The number of carbonyl (C=O) groups is 3. The molecule has 2 heterocycles. The molecule has 102 valence electrons. The topological polar surface area (TPSA) is 82.1 Å². The molecule has 0 radical (unpaired) electrons. The summed E-state index contributed by atoms with van der Waals surface area (Å²) in [4.78, 5) is 36.6. The Hall–Kier alpha value is -2.31. The van der Waals surface area contributed by atoms with Crippen molar-refractivity contribution in [2.45, 2.75) is 12.1 Å². The number of rotatable bonds is 2. The minimum absolute atomic E-state index is 0.118. The van der Waals surface area contributed by atoms with Crippen LogP contribution in [-0.4, -0.2) is 56.3 Å². The zero-order chi connectivity index (χ0) is 14.2. The fourth-order valence-electron chi connectivity index (χ4n) is 2.37. The fourth-order valence-corrected chi connectivity index (χ4v) is 2.37. The summed E-state index contributed by atoms with van der Waals surface area (Å²) in [5.41, 5.74) is 0.236. The average molecular weight is 267 g/mol. The van der Waals surface area contributed by atoms with Gasteiger partial charge in [0, 0.05) is 0 Å². The predicted octanol–water partition coefficient (Wildman–Crippen LogP) is 0.0180. The molecule has 2 unspecified atom stereocenters. The lowest BCUT2D eigenvalue weighted by Gasteiger charge is -2.21. The number of nitrogens with zero attached hydrogens (tertiary/aromatic N) is 1. The van der Waals surface area contributed by atoms with Crippen LogP contribution in [0.1, 0.15) is 0 Å². The number of hydrogen-bond donors (Lipinski definition) is 0. The first-order valence-corrected chi connectivity index (χ1v) is 5.52. The SMILES string of the molecule is COC(=O)C1=C(C(=O)OC)C2C=CC1N2C(=O)OC. The lowest BCUT2D eigenvalue weighted by molar-refractivity contribution is -0.139. The Morgan fingerprint density at radius 2 is 1.32 bits per heavy atom. The Morgan fingerprint density at radius 3 is 1.63 bits per heavy atom. The van der Waals surface area contributed by atoms with E-state index in [0.717, 1.165) is 0 Å². The molecule has 0 aromatic carbocycles. The highest BCUT2D eigenvalue weighted by molar-refractivity contribution is 6.06. The summed E-state index contributed by atoms with van der Waals surface area (Å²) in [6.07, 6.45) is 2.68. The van der Waals surface area contributed by atoms with Crippen molar-refractivity contribution in [3.63, 3.8) is 0 Å². The van der Waals surface area contributed by atoms with E-state index in [4.69, 9.17) is 0 Å². The predicted molar refractivity (Wildman–Crippen MR) is 62.0 cm³/mol. The monoisotopic (exact) mass is 267 g/mol. The quantitative estimate of drug-likeness (QED) is 0.398. The van der Waals surface area contributed by atoms with Gasteiger partial charge in [0.25, 0.3) is 0 Å². The normalized spacial score (nSPS) is 23.6. The van der Waals surface area contributed by atoms with Crippen LogP contribution in [-0.2, 0) is 23.8 Å². The Bertz CT molecular complexity index is 470. The number of hydrogen-bond acceptors (Lipinski definition) is 6. The van der Waals surface area contributed by atoms with Crippen molar-refractivity contribution in [2.24, 2.45) is 0 Å². The Labute approximate surface area is 109 Å². The molecule has 7 nitrogen and oxygen atoms in total. The number of carbonyl (C=O) groups excluding carboxylic acids is 3. The van der Waals surface area contributed by atoms with E-state index in [0.29, 0.717) is 0 Å². The molecule has 2 atom stereocenters. The van der Waals surface area contributed by atoms with Crippen molar-refractivity contribution >= 4 is 18.0 Å². The van der Waals surface area contributed by atoms with Gasteiger partial charge in [-0.05, 0) is 0 Å². The van der Waals surface area contributed by atoms with Crippen molar-refractivity contribution in [1.82, 2.24) is 4.90 Å². The molecule has 0 spiro atoms. The van der Waals surface area contributed by atoms with Gasteiger partial charge in [0.15, 0.2) is 0 Å². The van der Waals surface area contributed by atoms with Crippen LogP contribution < -0.4 is 0 Å². The van der Waals surface area contributed by atoms with Crippen molar-refractivity contribution in [3.8, 4) is 0 Å². The third-order valence-electron chi connectivity index (χ3n) is 3.15. The molecule has 0 aliphatic carbocycles. The van der Waals surface area contributed by atoms with E-state index < -0.39 is 30.1 Å². The van der Waals surface area contributed by atoms with Gasteiger partial charge in [-0.2, -0.15) is 0 Å². The highest BCUT2D eigenvalue weighted by Crippen LogP contribution is 2.38. The Kier molecular flexibility index (Phi) is 3.28. The largest absolute Gasteiger partial charge is 0.466 e. The highest BCUT2D eigenvalue weighted by atomic mass is 16.5. The second kappa shape index (κ2) is 4.75. The van der Waals surface area contributed by atoms with E-state index in [1.807, 2.05) is 0 Å². The maximum absolute atomic E-state index is 11.8. The molecular weight excluding hydrogens is 254 g/mol. The second-order valence-corrected chi connectivity index (χ2v) is 3.96. The van der Waals surface area contributed by atoms with Gasteiger partial charge in [-0.3, -0.25) is 4.90 Å². The maximum Gasteiger partial charge on any atom is 0.411 e. The van der Waals surface area contributed by atoms with E-state index in [-0.39, 0.29) is 11.1 Å². The third kappa shape index (κ3) is 1.78. The molecule has 2 rings (SSSR count). The van der Waals surface area contributed by atoms with Crippen molar-refractivity contribution in [3.05, 3.63) is 23.3 Å². The lowest BCUT2D eigenvalue weighted by atomic mass is 9.97. The average Bonchev–Trinajstić information content (AvgIpc) is 3.00. The van der Waals surface area contributed by atoms with Gasteiger partial charge in [-0.1, -0.05) is 12.2 Å². The molecule has 0 aromatic heterocycles. The van der Waals surface area contributed by atoms with Crippen LogP contribution in [0.25, 0.3) is 0 Å². The number of fused-ring (bicyclic) bond motifs is 2. The smallest absolute Gasteiger partial charge is 0.411 e. The van der Waals surface area contributed by atoms with E-state index in [1.165, 1.54) is 26.2 Å². The van der Waals surface area contributed by atoms with Crippen LogP contribution in [0.5, 0.6) is 0 Å². The summed E-state index contributed by atoms with van der Waals surface area (Å²) < 4.78 is 14.0. The van der Waals surface area contributed by atoms with Crippen LogP contribution >= 0.6 is 0 Å². The minimum Gasteiger partial charge on any atom is -0.466 e. The zero-order valence-electron chi connectivity index (χ0n) is 10.7. The summed E-state index contributed by atoms with van der Waals surface area (Å²) in [5, 5.41) is 0. The number of esters is 2. The van der Waals surface area contributed by atoms with Crippen LogP contribution in [0, 0.1) is 0 Å². The van der Waals surface area contributed by atoms with Gasteiger partial charge in [-0.15, -0.1) is 0 Å². The van der Waals surface area contributed by atoms with Gasteiger partial charge in [0.05, 0.1) is 44.6 Å². The van der Waals surface area contributed by atoms with Gasteiger partial charge in [0.1, 0.15) is 0 Å². The van der Waals surface area contributed by atoms with Crippen LogP contribution in [0.4, 0.5) is 4.79 Å². The number of methoxy groups -OCH3 is 3. The van der Waals surface area contributed by atoms with Crippen molar-refractivity contribution < 1.29 is 28.6 Å². The summed E-state index contributed by atoms with van der Waals surface area (Å²) in [7, 11) is 3.65. The highest BCUT2D eigenvalue weighted by Gasteiger charge is 2.51. The first-order chi connectivity index (χ1) is 9.06. The van der Waals surface area contributed by atoms with Crippen LogP contribution in [0.15, 0.2) is 23.3 Å². The Balaban J connectivity index is 2.45. The van der Waals surface area contributed by atoms with Crippen LogP contribution in [0.3, 0.4) is 0 Å². The molecule has 0 saturated heterocycles. The van der Waals surface area contributed by atoms with Gasteiger partial charge < -0.3 is 14.2 Å². The molecule has 0 fully saturated rings. The summed E-state index contributed by atoms with van der Waals surface area (Å²) >= 11 is 0. The summed E-state index contributed by atoms with van der Waals surface area (Å²) in [6.45, 7) is 0. The maximum atomic E-state index is 11.8. The molecule has 19 heavy (non-hydrogen) atoms.